The van der Waals surface area contributed by atoms with Crippen LogP contribution in [0.5, 0.6) is 0 Å². The number of para-hydroxylation sites is 1. The number of hydrogen-bond donors (Lipinski definition) is 2. The highest BCUT2D eigenvalue weighted by Gasteiger charge is 2.33. The van der Waals surface area contributed by atoms with Gasteiger partial charge in [0.15, 0.2) is 0 Å². The molecule has 144 valence electrons. The highest BCUT2D eigenvalue weighted by molar-refractivity contribution is 6.03. The van der Waals surface area contributed by atoms with Crippen LogP contribution < -0.4 is 10.6 Å². The van der Waals surface area contributed by atoms with E-state index in [9.17, 15) is 18.0 Å². The van der Waals surface area contributed by atoms with Gasteiger partial charge in [-0.2, -0.15) is 13.2 Å². The minimum absolute atomic E-state index is 0.0420. The van der Waals surface area contributed by atoms with E-state index in [1.807, 2.05) is 31.2 Å². The molecule has 1 amide bonds. The maximum absolute atomic E-state index is 13.1. The molecule has 0 spiro atoms. The third kappa shape index (κ3) is 4.64. The van der Waals surface area contributed by atoms with E-state index in [4.69, 9.17) is 0 Å². The molecule has 0 fully saturated rings. The molecule has 8 heteroatoms. The second kappa shape index (κ2) is 7.67. The monoisotopic (exact) mass is 386 g/mol. The molecule has 0 aliphatic carbocycles. The number of aryl methyl sites for hydroxylation is 2. The van der Waals surface area contributed by atoms with Crippen molar-refractivity contribution in [2.45, 2.75) is 20.0 Å². The molecule has 0 bridgehead atoms. The summed E-state index contributed by atoms with van der Waals surface area (Å²) in [6.07, 6.45) is -4.58. The Kier molecular flexibility index (Phi) is 5.30. The Hall–Kier alpha value is -3.42. The Morgan fingerprint density at radius 2 is 1.71 bits per heavy atom. The molecule has 0 radical (unpaired) electrons. The number of halogens is 3. The molecule has 0 aliphatic heterocycles. The maximum atomic E-state index is 13.1. The minimum Gasteiger partial charge on any atom is -0.324 e. The van der Waals surface area contributed by atoms with E-state index >= 15 is 0 Å². The van der Waals surface area contributed by atoms with Crippen LogP contribution in [0.4, 0.5) is 30.5 Å². The lowest BCUT2D eigenvalue weighted by atomic mass is 10.1. The van der Waals surface area contributed by atoms with E-state index in [1.165, 1.54) is 24.3 Å². The fraction of sp³-hybridized carbons (Fsp3) is 0.150. The molecular formula is C20H17F3N4O. The van der Waals surface area contributed by atoms with Crippen molar-refractivity contribution in [3.8, 4) is 0 Å². The summed E-state index contributed by atoms with van der Waals surface area (Å²) >= 11 is 0. The smallest absolute Gasteiger partial charge is 0.324 e. The van der Waals surface area contributed by atoms with Gasteiger partial charge in [0.2, 0.25) is 5.95 Å². The predicted octanol–water partition coefficient (Wildman–Crippen LogP) is 5.11. The van der Waals surface area contributed by atoms with E-state index in [1.54, 1.807) is 6.92 Å². The van der Waals surface area contributed by atoms with Crippen LogP contribution in [0.25, 0.3) is 0 Å². The lowest BCUT2D eigenvalue weighted by Gasteiger charge is -2.14. The highest BCUT2D eigenvalue weighted by Crippen LogP contribution is 2.34. The van der Waals surface area contributed by atoms with E-state index in [-0.39, 0.29) is 17.3 Å². The van der Waals surface area contributed by atoms with Crippen LogP contribution in [0, 0.1) is 13.8 Å². The number of amides is 1. The van der Waals surface area contributed by atoms with Crippen molar-refractivity contribution < 1.29 is 18.0 Å². The zero-order chi connectivity index (χ0) is 20.3. The zero-order valence-electron chi connectivity index (χ0n) is 15.1. The van der Waals surface area contributed by atoms with Gasteiger partial charge in [-0.05, 0) is 49.7 Å². The van der Waals surface area contributed by atoms with Crippen LogP contribution in [-0.2, 0) is 6.18 Å². The van der Waals surface area contributed by atoms with Crippen molar-refractivity contribution in [2.75, 3.05) is 10.6 Å². The first-order valence-electron chi connectivity index (χ1n) is 8.39. The van der Waals surface area contributed by atoms with Crippen molar-refractivity contribution in [1.29, 1.82) is 0 Å². The van der Waals surface area contributed by atoms with Gasteiger partial charge in [0, 0.05) is 11.4 Å². The normalized spacial score (nSPS) is 11.2. The van der Waals surface area contributed by atoms with Crippen LogP contribution in [0.15, 0.2) is 54.6 Å². The maximum Gasteiger partial charge on any atom is 0.418 e. The Bertz CT molecular complexity index is 1020. The summed E-state index contributed by atoms with van der Waals surface area (Å²) in [5.41, 5.74) is 0.967. The van der Waals surface area contributed by atoms with Crippen molar-refractivity contribution in [3.63, 3.8) is 0 Å². The van der Waals surface area contributed by atoms with E-state index < -0.39 is 17.6 Å². The minimum atomic E-state index is -4.58. The lowest BCUT2D eigenvalue weighted by molar-refractivity contribution is -0.136. The first kappa shape index (κ1) is 19.3. The number of nitrogens with one attached hydrogen (secondary N) is 2. The number of anilines is 3. The fourth-order valence-corrected chi connectivity index (χ4v) is 2.62. The first-order valence-corrected chi connectivity index (χ1v) is 8.39. The molecule has 2 N–H and O–H groups in total. The SMILES string of the molecule is Cc1cccc(Nc2nc(C)cc(C(=O)Nc3ccccc3C(F)(F)F)n2)c1. The van der Waals surface area contributed by atoms with Crippen LogP contribution >= 0.6 is 0 Å². The molecule has 3 aromatic rings. The Morgan fingerprint density at radius 1 is 0.964 bits per heavy atom. The van der Waals surface area contributed by atoms with E-state index in [0.29, 0.717) is 5.69 Å². The van der Waals surface area contributed by atoms with Gasteiger partial charge in [-0.25, -0.2) is 9.97 Å². The summed E-state index contributed by atoms with van der Waals surface area (Å²) in [5, 5.41) is 5.28. The molecule has 0 aliphatic rings. The average molecular weight is 386 g/mol. The second-order valence-corrected chi connectivity index (χ2v) is 6.21. The van der Waals surface area contributed by atoms with Crippen LogP contribution in [0.1, 0.15) is 27.3 Å². The third-order valence-electron chi connectivity index (χ3n) is 3.84. The van der Waals surface area contributed by atoms with E-state index in [2.05, 4.69) is 20.6 Å². The standard InChI is InChI=1S/C20H17F3N4O/c1-12-6-5-7-14(10-12)25-19-24-13(2)11-17(27-19)18(28)26-16-9-4-3-8-15(16)20(21,22)23/h3-11H,1-2H3,(H,26,28)(H,24,25,27). The van der Waals surface area contributed by atoms with Crippen molar-refractivity contribution >= 4 is 23.2 Å². The molecule has 0 saturated carbocycles. The summed E-state index contributed by atoms with van der Waals surface area (Å²) in [6, 6.07) is 13.7. The van der Waals surface area contributed by atoms with Gasteiger partial charge in [0.25, 0.3) is 5.91 Å². The number of carbonyl (C=O) groups is 1. The summed E-state index contributed by atoms with van der Waals surface area (Å²) < 4.78 is 39.4. The number of aromatic nitrogens is 2. The van der Waals surface area contributed by atoms with Crippen LogP contribution in [0.3, 0.4) is 0 Å². The third-order valence-corrected chi connectivity index (χ3v) is 3.84. The molecule has 2 aromatic carbocycles. The number of nitrogens with zero attached hydrogens (tertiary/aromatic N) is 2. The highest BCUT2D eigenvalue weighted by atomic mass is 19.4. The molecule has 0 unspecified atom stereocenters. The Balaban J connectivity index is 1.86. The summed E-state index contributed by atoms with van der Waals surface area (Å²) in [4.78, 5) is 20.9. The molecule has 1 aromatic heterocycles. The van der Waals surface area contributed by atoms with Gasteiger partial charge in [-0.3, -0.25) is 4.79 Å². The number of alkyl halides is 3. The Morgan fingerprint density at radius 3 is 2.43 bits per heavy atom. The first-order chi connectivity index (χ1) is 13.2. The number of hydrogen-bond acceptors (Lipinski definition) is 4. The lowest BCUT2D eigenvalue weighted by Crippen LogP contribution is -2.18. The molecule has 3 rings (SSSR count). The number of benzene rings is 2. The van der Waals surface area contributed by atoms with Crippen molar-refractivity contribution in [2.24, 2.45) is 0 Å². The van der Waals surface area contributed by atoms with Gasteiger partial charge < -0.3 is 10.6 Å². The second-order valence-electron chi connectivity index (χ2n) is 6.21. The molecule has 5 nitrogen and oxygen atoms in total. The van der Waals surface area contributed by atoms with Crippen molar-refractivity contribution in [1.82, 2.24) is 9.97 Å². The van der Waals surface area contributed by atoms with E-state index in [0.717, 1.165) is 17.3 Å². The summed E-state index contributed by atoms with van der Waals surface area (Å²) in [5.74, 6) is -0.575. The quantitative estimate of drug-likeness (QED) is 0.654. The Labute approximate surface area is 159 Å². The van der Waals surface area contributed by atoms with Gasteiger partial charge in [0.05, 0.1) is 11.3 Å². The molecule has 1 heterocycles. The van der Waals surface area contributed by atoms with Crippen LogP contribution in [-0.4, -0.2) is 15.9 Å². The van der Waals surface area contributed by atoms with Crippen LogP contribution in [0.2, 0.25) is 0 Å². The van der Waals surface area contributed by atoms with Gasteiger partial charge in [-0.1, -0.05) is 24.3 Å². The van der Waals surface area contributed by atoms with Gasteiger partial charge >= 0.3 is 6.18 Å². The molecule has 0 atom stereocenters. The molecule has 28 heavy (non-hydrogen) atoms. The fourth-order valence-electron chi connectivity index (χ4n) is 2.62. The molecule has 0 saturated heterocycles. The van der Waals surface area contributed by atoms with Gasteiger partial charge in [-0.15, -0.1) is 0 Å². The summed E-state index contributed by atoms with van der Waals surface area (Å²) in [7, 11) is 0. The topological polar surface area (TPSA) is 66.9 Å². The van der Waals surface area contributed by atoms with Crippen molar-refractivity contribution in [3.05, 3.63) is 77.1 Å². The largest absolute Gasteiger partial charge is 0.418 e. The molecular weight excluding hydrogens is 369 g/mol. The summed E-state index contributed by atoms with van der Waals surface area (Å²) in [6.45, 7) is 3.60. The predicted molar refractivity (Wildman–Crippen MR) is 101 cm³/mol. The zero-order valence-corrected chi connectivity index (χ0v) is 15.1. The average Bonchev–Trinajstić information content (AvgIpc) is 2.61. The number of carbonyl (C=O) groups excluding carboxylic acids is 1. The van der Waals surface area contributed by atoms with Gasteiger partial charge in [0.1, 0.15) is 5.69 Å². The number of rotatable bonds is 4.